The molecule has 0 aliphatic rings. The molecule has 24 heavy (non-hydrogen) atoms. The van der Waals surface area contributed by atoms with Gasteiger partial charge in [0, 0.05) is 6.54 Å². The quantitative estimate of drug-likeness (QED) is 0.782. The van der Waals surface area contributed by atoms with E-state index in [0.717, 1.165) is 23.3 Å². The van der Waals surface area contributed by atoms with Crippen molar-refractivity contribution >= 4 is 5.91 Å². The van der Waals surface area contributed by atoms with Crippen molar-refractivity contribution in [2.75, 3.05) is 0 Å². The van der Waals surface area contributed by atoms with Gasteiger partial charge in [0.05, 0.1) is 6.04 Å². The van der Waals surface area contributed by atoms with Crippen molar-refractivity contribution in [3.63, 3.8) is 0 Å². The van der Waals surface area contributed by atoms with Crippen molar-refractivity contribution in [1.82, 2.24) is 5.32 Å². The lowest BCUT2D eigenvalue weighted by Crippen LogP contribution is -2.44. The first kappa shape index (κ1) is 18.0. The van der Waals surface area contributed by atoms with Crippen LogP contribution in [-0.4, -0.2) is 11.9 Å². The fraction of sp³-hybridized carbons (Fsp3) is 0.350. The Morgan fingerprint density at radius 3 is 2.38 bits per heavy atom. The molecule has 0 aromatic heterocycles. The lowest BCUT2D eigenvalue weighted by molar-refractivity contribution is -0.123. The Hall–Kier alpha value is -2.33. The van der Waals surface area contributed by atoms with E-state index >= 15 is 0 Å². The molecule has 2 aromatic rings. The molecule has 2 rings (SSSR count). The summed E-state index contributed by atoms with van der Waals surface area (Å²) in [4.78, 5) is 12.0. The van der Waals surface area contributed by atoms with Gasteiger partial charge in [-0.2, -0.15) is 0 Å². The highest BCUT2D eigenvalue weighted by Crippen LogP contribution is 2.14. The molecule has 0 aliphatic heterocycles. The third-order valence-electron chi connectivity index (χ3n) is 4.20. The SMILES string of the molecule is CCC(C)C(N)C(=O)NCc1ccc(OCc2ccccc2)cc1. The monoisotopic (exact) mass is 326 g/mol. The van der Waals surface area contributed by atoms with Crippen LogP contribution < -0.4 is 15.8 Å². The van der Waals surface area contributed by atoms with E-state index in [-0.39, 0.29) is 11.8 Å². The zero-order chi connectivity index (χ0) is 17.4. The van der Waals surface area contributed by atoms with Crippen LogP contribution in [-0.2, 0) is 17.9 Å². The summed E-state index contributed by atoms with van der Waals surface area (Å²) in [7, 11) is 0. The number of hydrogen-bond donors (Lipinski definition) is 2. The molecule has 0 saturated heterocycles. The summed E-state index contributed by atoms with van der Waals surface area (Å²) < 4.78 is 5.75. The van der Waals surface area contributed by atoms with Gasteiger partial charge in [0.15, 0.2) is 0 Å². The number of carbonyl (C=O) groups excluding carboxylic acids is 1. The van der Waals surface area contributed by atoms with Crippen molar-refractivity contribution < 1.29 is 9.53 Å². The highest BCUT2D eigenvalue weighted by molar-refractivity contribution is 5.81. The van der Waals surface area contributed by atoms with Gasteiger partial charge in [-0.3, -0.25) is 4.79 Å². The number of amides is 1. The van der Waals surface area contributed by atoms with E-state index in [1.165, 1.54) is 0 Å². The van der Waals surface area contributed by atoms with E-state index in [4.69, 9.17) is 10.5 Å². The van der Waals surface area contributed by atoms with Gasteiger partial charge in [0.1, 0.15) is 12.4 Å². The van der Waals surface area contributed by atoms with Gasteiger partial charge in [-0.05, 0) is 29.2 Å². The number of carbonyl (C=O) groups is 1. The zero-order valence-corrected chi connectivity index (χ0v) is 14.4. The average molecular weight is 326 g/mol. The average Bonchev–Trinajstić information content (AvgIpc) is 2.64. The molecular weight excluding hydrogens is 300 g/mol. The second-order valence-electron chi connectivity index (χ2n) is 6.05. The molecule has 0 saturated carbocycles. The van der Waals surface area contributed by atoms with Crippen molar-refractivity contribution in [2.24, 2.45) is 11.7 Å². The first-order valence-electron chi connectivity index (χ1n) is 8.39. The minimum Gasteiger partial charge on any atom is -0.489 e. The van der Waals surface area contributed by atoms with Crippen LogP contribution in [0.5, 0.6) is 5.75 Å². The first-order valence-corrected chi connectivity index (χ1v) is 8.39. The van der Waals surface area contributed by atoms with Crippen molar-refractivity contribution in [3.8, 4) is 5.75 Å². The lowest BCUT2D eigenvalue weighted by Gasteiger charge is -2.17. The predicted octanol–water partition coefficient (Wildman–Crippen LogP) is 3.26. The van der Waals surface area contributed by atoms with Gasteiger partial charge in [-0.25, -0.2) is 0 Å². The first-order chi connectivity index (χ1) is 11.6. The third kappa shape index (κ3) is 5.39. The normalized spacial score (nSPS) is 13.1. The summed E-state index contributed by atoms with van der Waals surface area (Å²) in [6.45, 7) is 5.04. The summed E-state index contributed by atoms with van der Waals surface area (Å²) in [6, 6.07) is 17.3. The van der Waals surface area contributed by atoms with Gasteiger partial charge in [0.2, 0.25) is 5.91 Å². The maximum Gasteiger partial charge on any atom is 0.237 e. The Morgan fingerprint density at radius 1 is 1.08 bits per heavy atom. The number of hydrogen-bond acceptors (Lipinski definition) is 3. The van der Waals surface area contributed by atoms with Gasteiger partial charge < -0.3 is 15.8 Å². The van der Waals surface area contributed by atoms with Gasteiger partial charge in [-0.15, -0.1) is 0 Å². The zero-order valence-electron chi connectivity index (χ0n) is 14.4. The second kappa shape index (κ2) is 9.08. The molecule has 128 valence electrons. The predicted molar refractivity (Wildman–Crippen MR) is 96.5 cm³/mol. The fourth-order valence-corrected chi connectivity index (χ4v) is 2.26. The fourth-order valence-electron chi connectivity index (χ4n) is 2.26. The summed E-state index contributed by atoms with van der Waals surface area (Å²) >= 11 is 0. The minimum absolute atomic E-state index is 0.103. The Labute approximate surface area is 144 Å². The van der Waals surface area contributed by atoms with E-state index in [1.54, 1.807) is 0 Å². The molecule has 0 heterocycles. The third-order valence-corrected chi connectivity index (χ3v) is 4.20. The number of nitrogens with one attached hydrogen (secondary N) is 1. The molecule has 0 aliphatic carbocycles. The van der Waals surface area contributed by atoms with Crippen LogP contribution in [0.15, 0.2) is 54.6 Å². The van der Waals surface area contributed by atoms with Gasteiger partial charge in [-0.1, -0.05) is 62.7 Å². The molecule has 4 heteroatoms. The standard InChI is InChI=1S/C20H26N2O2/c1-3-15(2)19(21)20(23)22-13-16-9-11-18(12-10-16)24-14-17-7-5-4-6-8-17/h4-12,15,19H,3,13-14,21H2,1-2H3,(H,22,23). The van der Waals surface area contributed by atoms with Crippen molar-refractivity contribution in [2.45, 2.75) is 39.5 Å². The molecule has 3 N–H and O–H groups in total. The molecule has 1 amide bonds. The van der Waals surface area contributed by atoms with Crippen molar-refractivity contribution in [1.29, 1.82) is 0 Å². The Balaban J connectivity index is 1.80. The van der Waals surface area contributed by atoms with E-state index < -0.39 is 6.04 Å². The van der Waals surface area contributed by atoms with Crippen LogP contribution in [0, 0.1) is 5.92 Å². The molecule has 0 fully saturated rings. The van der Waals surface area contributed by atoms with Crippen LogP contribution in [0.3, 0.4) is 0 Å². The summed E-state index contributed by atoms with van der Waals surface area (Å²) in [5.41, 5.74) is 8.07. The topological polar surface area (TPSA) is 64.4 Å². The van der Waals surface area contributed by atoms with Gasteiger partial charge in [0.25, 0.3) is 0 Å². The molecule has 0 spiro atoms. The highest BCUT2D eigenvalue weighted by Gasteiger charge is 2.18. The molecule has 0 radical (unpaired) electrons. The van der Waals surface area contributed by atoms with Crippen LogP contribution >= 0.6 is 0 Å². The smallest absolute Gasteiger partial charge is 0.237 e. The molecule has 0 bridgehead atoms. The number of benzene rings is 2. The number of rotatable bonds is 8. The molecular formula is C20H26N2O2. The Bertz CT molecular complexity index is 626. The van der Waals surface area contributed by atoms with Crippen LogP contribution in [0.4, 0.5) is 0 Å². The van der Waals surface area contributed by atoms with Crippen LogP contribution in [0.1, 0.15) is 31.4 Å². The lowest BCUT2D eigenvalue weighted by atomic mass is 9.99. The molecule has 2 atom stereocenters. The Morgan fingerprint density at radius 2 is 1.75 bits per heavy atom. The van der Waals surface area contributed by atoms with Crippen molar-refractivity contribution in [3.05, 3.63) is 65.7 Å². The highest BCUT2D eigenvalue weighted by atomic mass is 16.5. The van der Waals surface area contributed by atoms with Crippen LogP contribution in [0.2, 0.25) is 0 Å². The summed E-state index contributed by atoms with van der Waals surface area (Å²) in [5, 5.41) is 2.89. The van der Waals surface area contributed by atoms with E-state index in [1.807, 2.05) is 68.4 Å². The van der Waals surface area contributed by atoms with E-state index in [0.29, 0.717) is 13.2 Å². The molecule has 2 aromatic carbocycles. The van der Waals surface area contributed by atoms with Gasteiger partial charge >= 0.3 is 0 Å². The maximum atomic E-state index is 12.0. The van der Waals surface area contributed by atoms with Crippen LogP contribution in [0.25, 0.3) is 0 Å². The number of nitrogens with two attached hydrogens (primary N) is 1. The van der Waals surface area contributed by atoms with E-state index in [9.17, 15) is 4.79 Å². The minimum atomic E-state index is -0.455. The summed E-state index contributed by atoms with van der Waals surface area (Å²) in [6.07, 6.45) is 0.891. The number of ether oxygens (including phenoxy) is 1. The Kier molecular flexibility index (Phi) is 6.82. The molecule has 2 unspecified atom stereocenters. The largest absolute Gasteiger partial charge is 0.489 e. The summed E-state index contributed by atoms with van der Waals surface area (Å²) in [5.74, 6) is 0.887. The molecule has 4 nitrogen and oxygen atoms in total. The second-order valence-corrected chi connectivity index (χ2v) is 6.05. The van der Waals surface area contributed by atoms with E-state index in [2.05, 4.69) is 5.32 Å². The maximum absolute atomic E-state index is 12.0.